The van der Waals surface area contributed by atoms with E-state index < -0.39 is 0 Å². The second-order valence-corrected chi connectivity index (χ2v) is 4.49. The summed E-state index contributed by atoms with van der Waals surface area (Å²) in [5, 5.41) is 11.6. The summed E-state index contributed by atoms with van der Waals surface area (Å²) in [7, 11) is 0. The fourth-order valence-electron chi connectivity index (χ4n) is 1.29. The number of nitrogens with zero attached hydrogens (tertiary/aromatic N) is 1. The topological polar surface area (TPSA) is 52.6 Å². The van der Waals surface area contributed by atoms with Gasteiger partial charge in [0.05, 0.1) is 6.61 Å². The van der Waals surface area contributed by atoms with E-state index in [-0.39, 0.29) is 12.6 Å². The lowest BCUT2D eigenvalue weighted by atomic mass is 10.3. The van der Waals surface area contributed by atoms with Gasteiger partial charge < -0.3 is 15.3 Å². The minimum absolute atomic E-state index is 0.0203. The number of carbonyl (C=O) groups is 1. The number of aliphatic hydroxyl groups is 1. The summed E-state index contributed by atoms with van der Waals surface area (Å²) < 4.78 is 1.07. The van der Waals surface area contributed by atoms with Gasteiger partial charge in [-0.05, 0) is 47.7 Å². The lowest BCUT2D eigenvalue weighted by molar-refractivity contribution is 0.192. The molecule has 1 aromatic rings. The van der Waals surface area contributed by atoms with Crippen LogP contribution in [0.15, 0.2) is 24.3 Å². The number of carbonyl (C=O) groups excluding carboxylic acids is 1. The van der Waals surface area contributed by atoms with Crippen molar-refractivity contribution in [2.75, 3.05) is 25.0 Å². The predicted octanol–water partition coefficient (Wildman–Crippen LogP) is 2.14. The maximum Gasteiger partial charge on any atom is 0.321 e. The summed E-state index contributed by atoms with van der Waals surface area (Å²) in [6.07, 6.45) is 0. The van der Waals surface area contributed by atoms with Crippen LogP contribution in [0, 0.1) is 3.57 Å². The molecule has 0 radical (unpaired) electrons. The number of anilines is 1. The number of aliphatic hydroxyl groups excluding tert-OH is 1. The molecule has 2 amide bonds. The summed E-state index contributed by atoms with van der Waals surface area (Å²) >= 11 is 2.19. The van der Waals surface area contributed by atoms with Gasteiger partial charge in [-0.25, -0.2) is 4.79 Å². The van der Waals surface area contributed by atoms with Crippen LogP contribution < -0.4 is 5.32 Å². The van der Waals surface area contributed by atoms with Gasteiger partial charge in [-0.15, -0.1) is 0 Å². The highest BCUT2D eigenvalue weighted by molar-refractivity contribution is 14.1. The number of amides is 2. The molecule has 4 nitrogen and oxygen atoms in total. The summed E-state index contributed by atoms with van der Waals surface area (Å²) in [4.78, 5) is 13.3. The van der Waals surface area contributed by atoms with Gasteiger partial charge in [0, 0.05) is 22.3 Å². The molecule has 0 aliphatic heterocycles. The first-order valence-electron chi connectivity index (χ1n) is 5.09. The van der Waals surface area contributed by atoms with Gasteiger partial charge in [-0.1, -0.05) is 6.07 Å². The Hall–Kier alpha value is -0.820. The second kappa shape index (κ2) is 6.70. The Bertz CT molecular complexity index is 358. The van der Waals surface area contributed by atoms with Crippen molar-refractivity contribution in [3.63, 3.8) is 0 Å². The predicted molar refractivity (Wildman–Crippen MR) is 72.5 cm³/mol. The molecule has 0 aromatic heterocycles. The molecule has 0 saturated carbocycles. The molecule has 0 aliphatic carbocycles. The van der Waals surface area contributed by atoms with E-state index in [2.05, 4.69) is 27.9 Å². The van der Waals surface area contributed by atoms with Crippen molar-refractivity contribution in [1.29, 1.82) is 0 Å². The molecule has 0 spiro atoms. The van der Waals surface area contributed by atoms with E-state index in [9.17, 15) is 4.79 Å². The quantitative estimate of drug-likeness (QED) is 0.829. The smallest absolute Gasteiger partial charge is 0.321 e. The zero-order valence-electron chi connectivity index (χ0n) is 9.11. The van der Waals surface area contributed by atoms with Crippen molar-refractivity contribution in [3.05, 3.63) is 27.8 Å². The number of likely N-dealkylation sites (N-methyl/N-ethyl adjacent to an activating group) is 1. The zero-order chi connectivity index (χ0) is 12.0. The SMILES string of the molecule is CCN(CCO)C(=O)Nc1cccc(I)c1. The number of urea groups is 1. The molecule has 0 aliphatic rings. The normalized spacial score (nSPS) is 9.94. The van der Waals surface area contributed by atoms with E-state index in [0.717, 1.165) is 9.26 Å². The number of rotatable bonds is 4. The summed E-state index contributed by atoms with van der Waals surface area (Å²) in [5.74, 6) is 0. The first-order chi connectivity index (χ1) is 7.67. The molecule has 5 heteroatoms. The third-order valence-corrected chi connectivity index (χ3v) is 2.79. The van der Waals surface area contributed by atoms with E-state index in [0.29, 0.717) is 13.1 Å². The Labute approximate surface area is 109 Å². The molecule has 1 rings (SSSR count). The van der Waals surface area contributed by atoms with Gasteiger partial charge in [-0.2, -0.15) is 0 Å². The van der Waals surface area contributed by atoms with Crippen molar-refractivity contribution in [2.45, 2.75) is 6.92 Å². The van der Waals surface area contributed by atoms with Gasteiger partial charge in [0.2, 0.25) is 0 Å². The number of hydrogen-bond donors (Lipinski definition) is 2. The number of hydrogen-bond acceptors (Lipinski definition) is 2. The molecule has 0 heterocycles. The molecular weight excluding hydrogens is 319 g/mol. The summed E-state index contributed by atoms with van der Waals surface area (Å²) in [5.41, 5.74) is 0.772. The lowest BCUT2D eigenvalue weighted by Gasteiger charge is -2.20. The van der Waals surface area contributed by atoms with Crippen LogP contribution in [0.2, 0.25) is 0 Å². The maximum atomic E-state index is 11.7. The van der Waals surface area contributed by atoms with Crippen molar-refractivity contribution < 1.29 is 9.90 Å². The fourth-order valence-corrected chi connectivity index (χ4v) is 1.84. The Morgan fingerprint density at radius 3 is 2.88 bits per heavy atom. The highest BCUT2D eigenvalue weighted by atomic mass is 127. The Morgan fingerprint density at radius 2 is 2.31 bits per heavy atom. The monoisotopic (exact) mass is 334 g/mol. The highest BCUT2D eigenvalue weighted by Gasteiger charge is 2.10. The average molecular weight is 334 g/mol. The van der Waals surface area contributed by atoms with Crippen LogP contribution in [0.4, 0.5) is 10.5 Å². The third-order valence-electron chi connectivity index (χ3n) is 2.11. The number of nitrogens with one attached hydrogen (secondary N) is 1. The molecule has 88 valence electrons. The molecule has 0 saturated heterocycles. The highest BCUT2D eigenvalue weighted by Crippen LogP contribution is 2.12. The van der Waals surface area contributed by atoms with Crippen LogP contribution >= 0.6 is 22.6 Å². The minimum atomic E-state index is -0.182. The van der Waals surface area contributed by atoms with Gasteiger partial charge in [0.1, 0.15) is 0 Å². The van der Waals surface area contributed by atoms with Crippen LogP contribution in [-0.2, 0) is 0 Å². The van der Waals surface area contributed by atoms with Gasteiger partial charge in [0.15, 0.2) is 0 Å². The first kappa shape index (κ1) is 13.2. The molecule has 2 N–H and O–H groups in total. The summed E-state index contributed by atoms with van der Waals surface area (Å²) in [6, 6.07) is 7.40. The lowest BCUT2D eigenvalue weighted by Crippen LogP contribution is -2.36. The average Bonchev–Trinajstić information content (AvgIpc) is 2.25. The fraction of sp³-hybridized carbons (Fsp3) is 0.364. The standard InChI is InChI=1S/C11H15IN2O2/c1-2-14(6-7-15)11(16)13-10-5-3-4-9(12)8-10/h3-5,8,15H,2,6-7H2,1H3,(H,13,16). The number of halogens is 1. The maximum absolute atomic E-state index is 11.7. The van der Waals surface area contributed by atoms with Gasteiger partial charge in [-0.3, -0.25) is 0 Å². The van der Waals surface area contributed by atoms with E-state index in [1.165, 1.54) is 0 Å². The number of benzene rings is 1. The van der Waals surface area contributed by atoms with Crippen LogP contribution in [0.25, 0.3) is 0 Å². The minimum Gasteiger partial charge on any atom is -0.395 e. The van der Waals surface area contributed by atoms with Crippen molar-refractivity contribution in [3.8, 4) is 0 Å². The Kier molecular flexibility index (Phi) is 5.54. The van der Waals surface area contributed by atoms with Crippen LogP contribution in [0.1, 0.15) is 6.92 Å². The molecule has 1 aromatic carbocycles. The zero-order valence-corrected chi connectivity index (χ0v) is 11.3. The summed E-state index contributed by atoms with van der Waals surface area (Å²) in [6.45, 7) is 2.79. The van der Waals surface area contributed by atoms with E-state index >= 15 is 0 Å². The third kappa shape index (κ3) is 3.97. The largest absolute Gasteiger partial charge is 0.395 e. The van der Waals surface area contributed by atoms with Crippen molar-refractivity contribution in [2.24, 2.45) is 0 Å². The van der Waals surface area contributed by atoms with E-state index in [1.807, 2.05) is 31.2 Å². The molecule has 0 unspecified atom stereocenters. The molecule has 0 fully saturated rings. The van der Waals surface area contributed by atoms with Crippen LogP contribution in [0.5, 0.6) is 0 Å². The van der Waals surface area contributed by atoms with Crippen LogP contribution in [-0.4, -0.2) is 35.7 Å². The van der Waals surface area contributed by atoms with Gasteiger partial charge in [0.25, 0.3) is 0 Å². The van der Waals surface area contributed by atoms with Crippen molar-refractivity contribution >= 4 is 34.3 Å². The Balaban J connectivity index is 2.62. The molecule has 0 bridgehead atoms. The molecular formula is C11H15IN2O2. The first-order valence-corrected chi connectivity index (χ1v) is 6.17. The van der Waals surface area contributed by atoms with E-state index in [1.54, 1.807) is 4.90 Å². The molecule has 16 heavy (non-hydrogen) atoms. The van der Waals surface area contributed by atoms with Crippen molar-refractivity contribution in [1.82, 2.24) is 4.90 Å². The van der Waals surface area contributed by atoms with Gasteiger partial charge >= 0.3 is 6.03 Å². The van der Waals surface area contributed by atoms with Crippen LogP contribution in [0.3, 0.4) is 0 Å². The Morgan fingerprint density at radius 1 is 1.56 bits per heavy atom. The second-order valence-electron chi connectivity index (χ2n) is 3.24. The van der Waals surface area contributed by atoms with E-state index in [4.69, 9.17) is 5.11 Å². The molecule has 0 atom stereocenters.